The van der Waals surface area contributed by atoms with Crippen molar-refractivity contribution in [2.45, 2.75) is 116 Å². The van der Waals surface area contributed by atoms with Crippen molar-refractivity contribution in [3.63, 3.8) is 0 Å². The zero-order chi connectivity index (χ0) is 29.6. The Hall–Kier alpha value is -2.46. The molecular formula is C30H50BFN2O6. The molecule has 0 fully saturated rings. The molecule has 2 amide bonds. The molecule has 1 atom stereocenters. The number of amides is 2. The van der Waals surface area contributed by atoms with Crippen molar-refractivity contribution >= 4 is 30.4 Å². The van der Waals surface area contributed by atoms with Crippen LogP contribution in [0.2, 0.25) is 0 Å². The van der Waals surface area contributed by atoms with Crippen LogP contribution < -0.4 is 16.1 Å². The molecule has 1 aromatic carbocycles. The van der Waals surface area contributed by atoms with Gasteiger partial charge in [0.15, 0.2) is 0 Å². The Bertz CT molecular complexity index is 871. The largest absolute Gasteiger partial charge is 0.491 e. The smallest absolute Gasteiger partial charge is 0.481 e. The minimum atomic E-state index is -1.90. The highest BCUT2D eigenvalue weighted by Crippen LogP contribution is 2.13. The number of hydrogen-bond acceptors (Lipinski definition) is 5. The molecule has 5 N–H and O–H groups in total. The zero-order valence-electron chi connectivity index (χ0n) is 24.3. The van der Waals surface area contributed by atoms with Crippen molar-refractivity contribution in [1.29, 1.82) is 0 Å². The predicted octanol–water partition coefficient (Wildman–Crippen LogP) is 4.70. The van der Waals surface area contributed by atoms with Crippen LogP contribution in [-0.4, -0.2) is 53.1 Å². The van der Waals surface area contributed by atoms with Gasteiger partial charge < -0.3 is 25.8 Å². The fourth-order valence-electron chi connectivity index (χ4n) is 4.55. The van der Waals surface area contributed by atoms with Gasteiger partial charge in [0.2, 0.25) is 5.91 Å². The first-order chi connectivity index (χ1) is 19.2. The summed E-state index contributed by atoms with van der Waals surface area (Å²) < 4.78 is 13.8. The maximum absolute atomic E-state index is 13.8. The van der Waals surface area contributed by atoms with Crippen molar-refractivity contribution in [1.82, 2.24) is 10.6 Å². The fourth-order valence-corrected chi connectivity index (χ4v) is 4.55. The Morgan fingerprint density at radius 2 is 1.27 bits per heavy atom. The van der Waals surface area contributed by atoms with Crippen LogP contribution in [0.5, 0.6) is 0 Å². The molecule has 1 rings (SSSR count). The van der Waals surface area contributed by atoms with Gasteiger partial charge in [-0.15, -0.1) is 0 Å². The van der Waals surface area contributed by atoms with Crippen LogP contribution in [0.1, 0.15) is 126 Å². The van der Waals surface area contributed by atoms with E-state index in [0.717, 1.165) is 51.0 Å². The van der Waals surface area contributed by atoms with E-state index in [4.69, 9.17) is 15.2 Å². The average molecular weight is 565 g/mol. The highest BCUT2D eigenvalue weighted by molar-refractivity contribution is 6.58. The second kappa shape index (κ2) is 22.3. The maximum Gasteiger partial charge on any atom is 0.491 e. The third kappa shape index (κ3) is 17.3. The number of carboxylic acid groups (broad SMARTS) is 1. The van der Waals surface area contributed by atoms with Gasteiger partial charge in [-0.25, -0.2) is 4.39 Å². The van der Waals surface area contributed by atoms with Crippen LogP contribution in [0.4, 0.5) is 4.39 Å². The number of rotatable bonds is 24. The lowest BCUT2D eigenvalue weighted by molar-refractivity contribution is -0.141. The molecule has 0 aliphatic carbocycles. The molecule has 40 heavy (non-hydrogen) atoms. The second-order valence-electron chi connectivity index (χ2n) is 10.8. The third-order valence-corrected chi connectivity index (χ3v) is 7.21. The Morgan fingerprint density at radius 3 is 1.80 bits per heavy atom. The normalized spacial score (nSPS) is 11.7. The second-order valence-corrected chi connectivity index (χ2v) is 10.8. The number of carbonyl (C=O) groups excluding carboxylic acids is 2. The van der Waals surface area contributed by atoms with Crippen molar-refractivity contribution in [3.8, 4) is 0 Å². The molecule has 0 saturated carbocycles. The van der Waals surface area contributed by atoms with Crippen LogP contribution in [0.3, 0.4) is 0 Å². The summed E-state index contributed by atoms with van der Waals surface area (Å²) in [5, 5.41) is 32.6. The number of benzene rings is 1. The molecular weight excluding hydrogens is 514 g/mol. The van der Waals surface area contributed by atoms with E-state index in [2.05, 4.69) is 10.6 Å². The average Bonchev–Trinajstić information content (AvgIpc) is 2.91. The quantitative estimate of drug-likeness (QED) is 0.0912. The number of nitrogens with one attached hydrogen (secondary N) is 2. The summed E-state index contributed by atoms with van der Waals surface area (Å²) in [6, 6.07) is 3.61. The minimum Gasteiger partial charge on any atom is -0.481 e. The molecule has 0 spiro atoms. The number of unbranched alkanes of at least 4 members (excludes halogenated alkanes) is 13. The van der Waals surface area contributed by atoms with Gasteiger partial charge in [0, 0.05) is 30.5 Å². The molecule has 0 unspecified atom stereocenters. The standard InChI is InChI=1S/C30H50BFN2O6/c1-24(30(37)38)17-14-16-21-33-28(35)18-13-11-9-7-5-3-2-4-6-8-10-12-15-22-34-29(36)25-19-20-26(31(39)40)27(32)23-25/h19-20,23-24,39-40H,2-18,21-22H2,1H3,(H,33,35)(H,34,36)(H,37,38)/t24-/m0/s1. The van der Waals surface area contributed by atoms with E-state index < -0.39 is 18.9 Å². The Morgan fingerprint density at radius 1 is 0.775 bits per heavy atom. The molecule has 8 nitrogen and oxygen atoms in total. The fraction of sp³-hybridized carbons (Fsp3) is 0.700. The van der Waals surface area contributed by atoms with E-state index in [9.17, 15) is 18.8 Å². The van der Waals surface area contributed by atoms with Gasteiger partial charge in [0.1, 0.15) is 5.82 Å². The first-order valence-corrected chi connectivity index (χ1v) is 15.2. The summed E-state index contributed by atoms with van der Waals surface area (Å²) in [6.07, 6.45) is 17.7. The third-order valence-electron chi connectivity index (χ3n) is 7.21. The van der Waals surface area contributed by atoms with Crippen molar-refractivity contribution in [2.24, 2.45) is 5.92 Å². The Balaban J connectivity index is 1.84. The van der Waals surface area contributed by atoms with Gasteiger partial charge in [0.05, 0.1) is 5.92 Å². The van der Waals surface area contributed by atoms with Crippen LogP contribution in [0, 0.1) is 11.7 Å². The van der Waals surface area contributed by atoms with Gasteiger partial charge in [-0.1, -0.05) is 90.0 Å². The number of carbonyl (C=O) groups is 3. The molecule has 1 aromatic rings. The molecule has 0 bridgehead atoms. The van der Waals surface area contributed by atoms with E-state index in [1.165, 1.54) is 63.5 Å². The SMILES string of the molecule is C[C@@H](CCCCNC(=O)CCCCCCCCCCCCCCCNC(=O)c1ccc(B(O)O)c(F)c1)C(=O)O. The van der Waals surface area contributed by atoms with Crippen LogP contribution >= 0.6 is 0 Å². The van der Waals surface area contributed by atoms with Gasteiger partial charge in [-0.2, -0.15) is 0 Å². The molecule has 0 heterocycles. The summed E-state index contributed by atoms with van der Waals surface area (Å²) in [4.78, 5) is 34.7. The number of carboxylic acids is 1. The van der Waals surface area contributed by atoms with Crippen molar-refractivity contribution in [2.75, 3.05) is 13.1 Å². The lowest BCUT2D eigenvalue weighted by atomic mass is 9.79. The van der Waals surface area contributed by atoms with Crippen LogP contribution in [-0.2, 0) is 9.59 Å². The minimum absolute atomic E-state index is 0.0973. The van der Waals surface area contributed by atoms with E-state index in [1.54, 1.807) is 6.92 Å². The van der Waals surface area contributed by atoms with Gasteiger partial charge in [-0.05, 0) is 37.8 Å². The predicted molar refractivity (Wildman–Crippen MR) is 157 cm³/mol. The first-order valence-electron chi connectivity index (χ1n) is 15.2. The van der Waals surface area contributed by atoms with Gasteiger partial charge >= 0.3 is 13.1 Å². The van der Waals surface area contributed by atoms with E-state index in [0.29, 0.717) is 25.9 Å². The summed E-state index contributed by atoms with van der Waals surface area (Å²) in [6.45, 7) is 2.87. The highest BCUT2D eigenvalue weighted by Gasteiger charge is 2.18. The summed E-state index contributed by atoms with van der Waals surface area (Å²) in [5.74, 6) is -2.16. The molecule has 0 aliphatic heterocycles. The van der Waals surface area contributed by atoms with E-state index in [1.807, 2.05) is 0 Å². The maximum atomic E-state index is 13.8. The van der Waals surface area contributed by atoms with E-state index in [-0.39, 0.29) is 28.8 Å². The van der Waals surface area contributed by atoms with Crippen molar-refractivity contribution < 1.29 is 33.9 Å². The van der Waals surface area contributed by atoms with Crippen LogP contribution in [0.15, 0.2) is 18.2 Å². The molecule has 226 valence electrons. The first kappa shape index (κ1) is 35.6. The molecule has 0 aliphatic rings. The molecule has 0 aromatic heterocycles. The summed E-state index contributed by atoms with van der Waals surface area (Å²) in [5.41, 5.74) is -0.0833. The van der Waals surface area contributed by atoms with E-state index >= 15 is 0 Å². The summed E-state index contributed by atoms with van der Waals surface area (Å²) >= 11 is 0. The number of halogens is 1. The van der Waals surface area contributed by atoms with Crippen LogP contribution in [0.25, 0.3) is 0 Å². The number of aliphatic carboxylic acids is 1. The van der Waals surface area contributed by atoms with Gasteiger partial charge in [-0.3, -0.25) is 14.4 Å². The van der Waals surface area contributed by atoms with Gasteiger partial charge in [0.25, 0.3) is 5.91 Å². The topological polar surface area (TPSA) is 136 Å². The monoisotopic (exact) mass is 564 g/mol. The Labute approximate surface area is 239 Å². The number of hydrogen-bond donors (Lipinski definition) is 5. The molecule has 0 radical (unpaired) electrons. The lowest BCUT2D eigenvalue weighted by Crippen LogP contribution is -2.33. The van der Waals surface area contributed by atoms with Crippen molar-refractivity contribution in [3.05, 3.63) is 29.6 Å². The lowest BCUT2D eigenvalue weighted by Gasteiger charge is -2.07. The highest BCUT2D eigenvalue weighted by atomic mass is 19.1. The Kier molecular flexibility index (Phi) is 19.8. The zero-order valence-corrected chi connectivity index (χ0v) is 24.3. The summed E-state index contributed by atoms with van der Waals surface area (Å²) in [7, 11) is -1.90. The molecule has 10 heteroatoms. The molecule has 0 saturated heterocycles.